The second-order valence-electron chi connectivity index (χ2n) is 6.77. The number of nitrogens with zero attached hydrogens (tertiary/aromatic N) is 2. The number of hydrogen-bond acceptors (Lipinski definition) is 3. The number of rotatable bonds is 4. The molecule has 0 unspecified atom stereocenters. The van der Waals surface area contributed by atoms with E-state index in [1.54, 1.807) is 5.38 Å². The minimum absolute atomic E-state index is 0.0152. The fraction of sp³-hybridized carbons (Fsp3) is 0.300. The van der Waals surface area contributed by atoms with Crippen LogP contribution in [-0.4, -0.2) is 27.3 Å². The Bertz CT molecular complexity index is 948. The number of aromatic nitrogens is 2. The molecule has 8 heteroatoms. The Labute approximate surface area is 164 Å². The van der Waals surface area contributed by atoms with Crippen molar-refractivity contribution in [2.45, 2.75) is 31.5 Å². The quantitative estimate of drug-likeness (QED) is 0.659. The standard InChI is InChI=1S/C20H18F3N3OS/c21-20(22,23)14-7-5-13(6-8-14)19-25-15(12-28-19)11-18(27)26-10-2-4-17(26)16-3-1-9-24-16/h1,3,5-9,12,17,24H,2,4,10-11H2/t17-/m0/s1. The molecular formula is C20H18F3N3OS. The van der Waals surface area contributed by atoms with Crippen molar-refractivity contribution in [3.05, 3.63) is 64.9 Å². The van der Waals surface area contributed by atoms with E-state index in [4.69, 9.17) is 0 Å². The number of carbonyl (C=O) groups excluding carboxylic acids is 1. The molecule has 0 aliphatic carbocycles. The molecular weight excluding hydrogens is 387 g/mol. The lowest BCUT2D eigenvalue weighted by atomic mass is 10.1. The van der Waals surface area contributed by atoms with Gasteiger partial charge in [0.25, 0.3) is 0 Å². The van der Waals surface area contributed by atoms with Gasteiger partial charge in [-0.2, -0.15) is 13.2 Å². The first-order chi connectivity index (χ1) is 13.4. The Balaban J connectivity index is 1.45. The van der Waals surface area contributed by atoms with Gasteiger partial charge < -0.3 is 9.88 Å². The zero-order valence-electron chi connectivity index (χ0n) is 14.9. The van der Waals surface area contributed by atoms with Crippen molar-refractivity contribution in [2.75, 3.05) is 6.54 Å². The van der Waals surface area contributed by atoms with Gasteiger partial charge in [0, 0.05) is 29.4 Å². The van der Waals surface area contributed by atoms with Gasteiger partial charge in [0.05, 0.1) is 23.7 Å². The van der Waals surface area contributed by atoms with Crippen molar-refractivity contribution in [3.8, 4) is 10.6 Å². The van der Waals surface area contributed by atoms with E-state index in [1.807, 2.05) is 23.2 Å². The number of likely N-dealkylation sites (tertiary alicyclic amines) is 1. The molecule has 2 aromatic heterocycles. The van der Waals surface area contributed by atoms with Crippen LogP contribution >= 0.6 is 11.3 Å². The number of H-pyrrole nitrogens is 1. The van der Waals surface area contributed by atoms with Gasteiger partial charge in [-0.3, -0.25) is 4.79 Å². The smallest absolute Gasteiger partial charge is 0.363 e. The maximum Gasteiger partial charge on any atom is 0.416 e. The summed E-state index contributed by atoms with van der Waals surface area (Å²) in [5.41, 5.74) is 1.60. The minimum Gasteiger partial charge on any atom is -0.363 e. The Kier molecular flexibility index (Phi) is 4.97. The number of halogens is 3. The van der Waals surface area contributed by atoms with Gasteiger partial charge in [-0.1, -0.05) is 12.1 Å². The van der Waals surface area contributed by atoms with Gasteiger partial charge in [0.15, 0.2) is 0 Å². The number of hydrogen-bond donors (Lipinski definition) is 1. The molecule has 146 valence electrons. The highest BCUT2D eigenvalue weighted by Crippen LogP contribution is 2.33. The van der Waals surface area contributed by atoms with Crippen LogP contribution in [0.25, 0.3) is 10.6 Å². The van der Waals surface area contributed by atoms with Gasteiger partial charge in [-0.05, 0) is 37.1 Å². The maximum absolute atomic E-state index is 12.8. The number of thiazole rings is 1. The van der Waals surface area contributed by atoms with E-state index in [-0.39, 0.29) is 18.4 Å². The molecule has 28 heavy (non-hydrogen) atoms. The summed E-state index contributed by atoms with van der Waals surface area (Å²) in [6, 6.07) is 8.90. The molecule has 3 aromatic rings. The molecule has 1 N–H and O–H groups in total. The Morgan fingerprint density at radius 2 is 2.04 bits per heavy atom. The van der Waals surface area contributed by atoms with Gasteiger partial charge in [0.2, 0.25) is 5.91 Å². The van der Waals surface area contributed by atoms with Crippen LogP contribution in [0.1, 0.15) is 35.8 Å². The number of aromatic amines is 1. The average molecular weight is 405 g/mol. The molecule has 1 fully saturated rings. The monoisotopic (exact) mass is 405 g/mol. The average Bonchev–Trinajstić information content (AvgIpc) is 3.41. The predicted molar refractivity (Wildman–Crippen MR) is 101 cm³/mol. The van der Waals surface area contributed by atoms with Crippen LogP contribution in [0.4, 0.5) is 13.2 Å². The molecule has 0 spiro atoms. The van der Waals surface area contributed by atoms with E-state index < -0.39 is 11.7 Å². The van der Waals surface area contributed by atoms with Gasteiger partial charge in [-0.15, -0.1) is 11.3 Å². The summed E-state index contributed by atoms with van der Waals surface area (Å²) >= 11 is 1.33. The van der Waals surface area contributed by atoms with Crippen molar-refractivity contribution in [2.24, 2.45) is 0 Å². The molecule has 0 saturated carbocycles. The summed E-state index contributed by atoms with van der Waals surface area (Å²) in [5.74, 6) is 0.0152. The topological polar surface area (TPSA) is 49.0 Å². The van der Waals surface area contributed by atoms with Crippen LogP contribution in [0.5, 0.6) is 0 Å². The zero-order valence-corrected chi connectivity index (χ0v) is 15.7. The van der Waals surface area contributed by atoms with Crippen LogP contribution in [-0.2, 0) is 17.4 Å². The van der Waals surface area contributed by atoms with Crippen LogP contribution < -0.4 is 0 Å². The Morgan fingerprint density at radius 1 is 1.25 bits per heavy atom. The minimum atomic E-state index is -4.36. The highest BCUT2D eigenvalue weighted by atomic mass is 32.1. The van der Waals surface area contributed by atoms with Gasteiger partial charge >= 0.3 is 6.18 Å². The van der Waals surface area contributed by atoms with Crippen LogP contribution in [0, 0.1) is 0 Å². The first-order valence-electron chi connectivity index (χ1n) is 8.96. The fourth-order valence-corrected chi connectivity index (χ4v) is 4.34. The third-order valence-electron chi connectivity index (χ3n) is 4.90. The van der Waals surface area contributed by atoms with Crippen molar-refractivity contribution in [1.82, 2.24) is 14.9 Å². The molecule has 1 aromatic carbocycles. The van der Waals surface area contributed by atoms with E-state index >= 15 is 0 Å². The number of amides is 1. The Hall–Kier alpha value is -2.61. The Morgan fingerprint density at radius 3 is 2.71 bits per heavy atom. The number of nitrogens with one attached hydrogen (secondary N) is 1. The lowest BCUT2D eigenvalue weighted by Gasteiger charge is -2.23. The molecule has 4 rings (SSSR count). The summed E-state index contributed by atoms with van der Waals surface area (Å²) in [4.78, 5) is 22.3. The van der Waals surface area contributed by atoms with E-state index in [9.17, 15) is 18.0 Å². The number of carbonyl (C=O) groups is 1. The molecule has 1 saturated heterocycles. The second-order valence-corrected chi connectivity index (χ2v) is 7.62. The molecule has 1 aliphatic heterocycles. The lowest BCUT2D eigenvalue weighted by molar-refractivity contribution is -0.137. The normalized spacial score (nSPS) is 17.2. The highest BCUT2D eigenvalue weighted by Gasteiger charge is 2.31. The van der Waals surface area contributed by atoms with Crippen molar-refractivity contribution >= 4 is 17.2 Å². The maximum atomic E-state index is 12.8. The molecule has 0 radical (unpaired) electrons. The summed E-state index contributed by atoms with van der Waals surface area (Å²) in [7, 11) is 0. The predicted octanol–water partition coefficient (Wildman–Crippen LogP) is 5.06. The zero-order chi connectivity index (χ0) is 19.7. The summed E-state index contributed by atoms with van der Waals surface area (Å²) in [6.45, 7) is 0.721. The summed E-state index contributed by atoms with van der Waals surface area (Å²) < 4.78 is 38.1. The molecule has 4 nitrogen and oxygen atoms in total. The van der Waals surface area contributed by atoms with E-state index in [0.29, 0.717) is 16.3 Å². The first-order valence-corrected chi connectivity index (χ1v) is 9.84. The summed E-state index contributed by atoms with van der Waals surface area (Å²) in [5, 5.41) is 2.41. The first kappa shape index (κ1) is 18.7. The van der Waals surface area contributed by atoms with Gasteiger partial charge in [-0.25, -0.2) is 4.98 Å². The largest absolute Gasteiger partial charge is 0.416 e. The van der Waals surface area contributed by atoms with Crippen LogP contribution in [0.2, 0.25) is 0 Å². The van der Waals surface area contributed by atoms with E-state index in [1.165, 1.54) is 23.5 Å². The van der Waals surface area contributed by atoms with Crippen molar-refractivity contribution < 1.29 is 18.0 Å². The molecule has 1 aliphatic rings. The van der Waals surface area contributed by atoms with Crippen molar-refractivity contribution in [3.63, 3.8) is 0 Å². The van der Waals surface area contributed by atoms with Crippen molar-refractivity contribution in [1.29, 1.82) is 0 Å². The highest BCUT2D eigenvalue weighted by molar-refractivity contribution is 7.13. The summed E-state index contributed by atoms with van der Waals surface area (Å²) in [6.07, 6.45) is -0.421. The van der Waals surface area contributed by atoms with E-state index in [0.717, 1.165) is 37.2 Å². The molecule has 1 atom stereocenters. The van der Waals surface area contributed by atoms with Crippen LogP contribution in [0.15, 0.2) is 48.0 Å². The number of benzene rings is 1. The molecule has 3 heterocycles. The third kappa shape index (κ3) is 3.82. The molecule has 1 amide bonds. The number of alkyl halides is 3. The lowest BCUT2D eigenvalue weighted by Crippen LogP contribution is -2.32. The SMILES string of the molecule is O=C(Cc1csc(-c2ccc(C(F)(F)F)cc2)n1)N1CCC[C@H]1c1ccc[nH]1. The van der Waals surface area contributed by atoms with Crippen LogP contribution in [0.3, 0.4) is 0 Å². The fourth-order valence-electron chi connectivity index (χ4n) is 3.52. The molecule has 0 bridgehead atoms. The second kappa shape index (κ2) is 7.43. The third-order valence-corrected chi connectivity index (χ3v) is 5.84. The van der Waals surface area contributed by atoms with Gasteiger partial charge in [0.1, 0.15) is 5.01 Å². The van der Waals surface area contributed by atoms with E-state index in [2.05, 4.69) is 9.97 Å².